The predicted molar refractivity (Wildman–Crippen MR) is 66.8 cm³/mol. The summed E-state index contributed by atoms with van der Waals surface area (Å²) in [4.78, 5) is 14.4. The van der Waals surface area contributed by atoms with Gasteiger partial charge in [-0.1, -0.05) is 6.92 Å². The monoisotopic (exact) mass is 255 g/mol. The second-order valence-corrected chi connectivity index (χ2v) is 4.18. The first-order valence-corrected chi connectivity index (χ1v) is 5.54. The van der Waals surface area contributed by atoms with Crippen LogP contribution in [0.5, 0.6) is 5.88 Å². The summed E-state index contributed by atoms with van der Waals surface area (Å²) in [6, 6.07) is 2.74. The van der Waals surface area contributed by atoms with Crippen LogP contribution in [0.4, 0.5) is 11.5 Å². The Morgan fingerprint density at radius 3 is 2.72 bits per heavy atom. The molecule has 0 spiro atoms. The van der Waals surface area contributed by atoms with E-state index in [4.69, 9.17) is 4.74 Å². The van der Waals surface area contributed by atoms with E-state index < -0.39 is 10.5 Å². The van der Waals surface area contributed by atoms with Crippen molar-refractivity contribution in [1.29, 1.82) is 0 Å². The highest BCUT2D eigenvalue weighted by molar-refractivity contribution is 5.58. The Bertz CT molecular complexity index is 432. The van der Waals surface area contributed by atoms with Gasteiger partial charge in [0.15, 0.2) is 0 Å². The van der Waals surface area contributed by atoms with Crippen LogP contribution in [0.3, 0.4) is 0 Å². The van der Waals surface area contributed by atoms with Crippen molar-refractivity contribution >= 4 is 11.5 Å². The summed E-state index contributed by atoms with van der Waals surface area (Å²) in [6.45, 7) is 3.48. The summed E-state index contributed by atoms with van der Waals surface area (Å²) in [5, 5.41) is 23.1. The number of nitrogens with one attached hydrogen (secondary N) is 1. The van der Waals surface area contributed by atoms with Crippen molar-refractivity contribution in [2.24, 2.45) is 0 Å². The number of hydrogen-bond donors (Lipinski definition) is 2. The standard InChI is InChI=1S/C11H17N3O4/c1-4-11(2,7-15)13-10-8(14(16)17)5-6-9(12-10)18-3/h5-6,15H,4,7H2,1-3H3,(H,12,13). The summed E-state index contributed by atoms with van der Waals surface area (Å²) >= 11 is 0. The molecular formula is C11H17N3O4. The van der Waals surface area contributed by atoms with E-state index >= 15 is 0 Å². The highest BCUT2D eigenvalue weighted by Crippen LogP contribution is 2.28. The first-order chi connectivity index (χ1) is 8.45. The third kappa shape index (κ3) is 3.07. The van der Waals surface area contributed by atoms with E-state index in [2.05, 4.69) is 10.3 Å². The fourth-order valence-corrected chi connectivity index (χ4v) is 1.31. The lowest BCUT2D eigenvalue weighted by Crippen LogP contribution is -2.38. The zero-order valence-corrected chi connectivity index (χ0v) is 10.6. The van der Waals surface area contributed by atoms with Gasteiger partial charge in [0.05, 0.1) is 24.2 Å². The van der Waals surface area contributed by atoms with Crippen LogP contribution < -0.4 is 10.1 Å². The maximum absolute atomic E-state index is 10.9. The van der Waals surface area contributed by atoms with Gasteiger partial charge in [-0.05, 0) is 13.3 Å². The van der Waals surface area contributed by atoms with Crippen LogP contribution in [0.1, 0.15) is 20.3 Å². The van der Waals surface area contributed by atoms with E-state index in [9.17, 15) is 15.2 Å². The molecule has 0 aromatic carbocycles. The normalized spacial score (nSPS) is 13.8. The van der Waals surface area contributed by atoms with E-state index in [0.717, 1.165) is 0 Å². The number of anilines is 1. The molecule has 0 bridgehead atoms. The van der Waals surface area contributed by atoms with Crippen LogP contribution in [0, 0.1) is 10.1 Å². The predicted octanol–water partition coefficient (Wildman–Crippen LogP) is 1.57. The van der Waals surface area contributed by atoms with Crippen LogP contribution >= 0.6 is 0 Å². The molecule has 1 atom stereocenters. The SMILES string of the molecule is CCC(C)(CO)Nc1nc(OC)ccc1[N+](=O)[O-]. The maximum atomic E-state index is 10.9. The highest BCUT2D eigenvalue weighted by Gasteiger charge is 2.26. The number of nitro groups is 1. The molecule has 1 unspecified atom stereocenters. The van der Waals surface area contributed by atoms with E-state index in [0.29, 0.717) is 6.42 Å². The molecule has 2 N–H and O–H groups in total. The number of aliphatic hydroxyl groups excluding tert-OH is 1. The summed E-state index contributed by atoms with van der Waals surface area (Å²) in [5.41, 5.74) is -0.812. The Morgan fingerprint density at radius 2 is 2.28 bits per heavy atom. The molecule has 18 heavy (non-hydrogen) atoms. The van der Waals surface area contributed by atoms with Crippen molar-refractivity contribution in [2.45, 2.75) is 25.8 Å². The molecule has 0 radical (unpaired) electrons. The minimum absolute atomic E-state index is 0.0951. The molecule has 0 aliphatic rings. The van der Waals surface area contributed by atoms with Crippen molar-refractivity contribution in [2.75, 3.05) is 19.0 Å². The number of aliphatic hydroxyl groups is 1. The summed E-state index contributed by atoms with van der Waals surface area (Å²) in [7, 11) is 1.43. The Balaban J connectivity index is 3.15. The van der Waals surface area contributed by atoms with E-state index in [-0.39, 0.29) is 24.0 Å². The number of aromatic nitrogens is 1. The number of methoxy groups -OCH3 is 1. The Kier molecular flexibility index (Phi) is 4.43. The van der Waals surface area contributed by atoms with Gasteiger partial charge in [-0.25, -0.2) is 0 Å². The first-order valence-electron chi connectivity index (χ1n) is 5.54. The second kappa shape index (κ2) is 5.63. The lowest BCUT2D eigenvalue weighted by molar-refractivity contribution is -0.384. The molecule has 7 heteroatoms. The van der Waals surface area contributed by atoms with Crippen LogP contribution in [0.25, 0.3) is 0 Å². The molecule has 1 aromatic heterocycles. The molecular weight excluding hydrogens is 238 g/mol. The molecule has 1 heterocycles. The van der Waals surface area contributed by atoms with Gasteiger partial charge in [0.1, 0.15) is 0 Å². The van der Waals surface area contributed by atoms with Crippen LogP contribution in [-0.2, 0) is 0 Å². The molecule has 0 saturated heterocycles. The van der Waals surface area contributed by atoms with Crippen molar-refractivity contribution in [1.82, 2.24) is 4.98 Å². The van der Waals surface area contributed by atoms with Crippen molar-refractivity contribution in [3.8, 4) is 5.88 Å². The average Bonchev–Trinajstić information content (AvgIpc) is 2.38. The minimum atomic E-state index is -0.663. The van der Waals surface area contributed by atoms with E-state index in [1.54, 1.807) is 6.92 Å². The third-order valence-corrected chi connectivity index (χ3v) is 2.80. The summed E-state index contributed by atoms with van der Waals surface area (Å²) in [5.74, 6) is 0.372. The van der Waals surface area contributed by atoms with Gasteiger partial charge < -0.3 is 15.2 Å². The quantitative estimate of drug-likeness (QED) is 0.591. The number of ether oxygens (including phenoxy) is 1. The fourth-order valence-electron chi connectivity index (χ4n) is 1.31. The van der Waals surface area contributed by atoms with Gasteiger partial charge >= 0.3 is 5.69 Å². The van der Waals surface area contributed by atoms with E-state index in [1.807, 2.05) is 6.92 Å². The topological polar surface area (TPSA) is 97.5 Å². The lowest BCUT2D eigenvalue weighted by Gasteiger charge is -2.27. The zero-order chi connectivity index (χ0) is 13.8. The maximum Gasteiger partial charge on any atom is 0.311 e. The van der Waals surface area contributed by atoms with Gasteiger partial charge in [-0.2, -0.15) is 4.98 Å². The van der Waals surface area contributed by atoms with Crippen LogP contribution in [0.15, 0.2) is 12.1 Å². The first kappa shape index (κ1) is 14.2. The number of rotatable bonds is 6. The van der Waals surface area contributed by atoms with Gasteiger partial charge in [-0.15, -0.1) is 0 Å². The zero-order valence-electron chi connectivity index (χ0n) is 10.6. The molecule has 0 amide bonds. The largest absolute Gasteiger partial charge is 0.481 e. The van der Waals surface area contributed by atoms with Gasteiger partial charge in [-0.3, -0.25) is 10.1 Å². The Hall–Kier alpha value is -1.89. The third-order valence-electron chi connectivity index (χ3n) is 2.80. The number of nitrogens with zero attached hydrogens (tertiary/aromatic N) is 2. The number of pyridine rings is 1. The average molecular weight is 255 g/mol. The lowest BCUT2D eigenvalue weighted by atomic mass is 10.0. The Morgan fingerprint density at radius 1 is 1.61 bits per heavy atom. The molecule has 0 saturated carbocycles. The molecule has 1 aromatic rings. The molecule has 100 valence electrons. The molecule has 0 aliphatic carbocycles. The molecule has 0 fully saturated rings. The van der Waals surface area contributed by atoms with Crippen molar-refractivity contribution in [3.05, 3.63) is 22.2 Å². The van der Waals surface area contributed by atoms with Gasteiger partial charge in [0, 0.05) is 12.1 Å². The number of hydrogen-bond acceptors (Lipinski definition) is 6. The van der Waals surface area contributed by atoms with Crippen LogP contribution in [0.2, 0.25) is 0 Å². The summed E-state index contributed by atoms with van der Waals surface area (Å²) < 4.78 is 4.94. The fraction of sp³-hybridized carbons (Fsp3) is 0.545. The minimum Gasteiger partial charge on any atom is -0.481 e. The smallest absolute Gasteiger partial charge is 0.311 e. The molecule has 7 nitrogen and oxygen atoms in total. The van der Waals surface area contributed by atoms with Gasteiger partial charge in [0.2, 0.25) is 11.7 Å². The second-order valence-electron chi connectivity index (χ2n) is 4.18. The summed E-state index contributed by atoms with van der Waals surface area (Å²) in [6.07, 6.45) is 0.597. The highest BCUT2D eigenvalue weighted by atomic mass is 16.6. The molecule has 1 rings (SSSR count). The Labute approximate surface area is 105 Å². The van der Waals surface area contributed by atoms with E-state index in [1.165, 1.54) is 19.2 Å². The molecule has 0 aliphatic heterocycles. The van der Waals surface area contributed by atoms with Gasteiger partial charge in [0.25, 0.3) is 0 Å². The van der Waals surface area contributed by atoms with Crippen LogP contribution in [-0.4, -0.2) is 34.3 Å². The van der Waals surface area contributed by atoms with Crippen molar-refractivity contribution in [3.63, 3.8) is 0 Å². The van der Waals surface area contributed by atoms with Crippen molar-refractivity contribution < 1.29 is 14.8 Å².